The highest BCUT2D eigenvalue weighted by Gasteiger charge is 2.25. The average molecular weight is 215 g/mol. The quantitative estimate of drug-likeness (QED) is 0.722. The van der Waals surface area contributed by atoms with E-state index >= 15 is 0 Å². The van der Waals surface area contributed by atoms with E-state index in [1.54, 1.807) is 6.92 Å². The first-order chi connectivity index (χ1) is 7.75. The lowest BCUT2D eigenvalue weighted by atomic mass is 9.82. The predicted octanol–water partition coefficient (Wildman–Crippen LogP) is 3.30. The third-order valence-corrected chi connectivity index (χ3v) is 3.39. The molecule has 1 aliphatic carbocycles. The van der Waals surface area contributed by atoms with E-state index in [0.717, 1.165) is 16.7 Å². The predicted molar refractivity (Wildman–Crippen MR) is 60.6 cm³/mol. The lowest BCUT2D eigenvalue weighted by molar-refractivity contribution is 0.101. The minimum atomic E-state index is 0.0649. The summed E-state index contributed by atoms with van der Waals surface area (Å²) in [6.45, 7) is 1.56. The van der Waals surface area contributed by atoms with Gasteiger partial charge in [-0.2, -0.15) is 0 Å². The van der Waals surface area contributed by atoms with Crippen molar-refractivity contribution < 1.29 is 9.32 Å². The van der Waals surface area contributed by atoms with Gasteiger partial charge >= 0.3 is 0 Å². The molecule has 0 unspecified atom stereocenters. The molecular formula is C13H13NO2. The first-order valence-electron chi connectivity index (χ1n) is 5.66. The van der Waals surface area contributed by atoms with Gasteiger partial charge < -0.3 is 4.52 Å². The molecule has 1 heterocycles. The van der Waals surface area contributed by atoms with Crippen LogP contribution < -0.4 is 0 Å². The zero-order chi connectivity index (χ0) is 11.1. The summed E-state index contributed by atoms with van der Waals surface area (Å²) in [6.07, 6.45) is 3.66. The number of Topliss-reactive ketones (excluding diaryl/α,β-unsaturated/α-hetero) is 1. The van der Waals surface area contributed by atoms with E-state index in [0.29, 0.717) is 11.5 Å². The van der Waals surface area contributed by atoms with Crippen molar-refractivity contribution in [2.75, 3.05) is 0 Å². The Bertz CT molecular complexity index is 552. The van der Waals surface area contributed by atoms with Crippen LogP contribution in [0, 0.1) is 0 Å². The summed E-state index contributed by atoms with van der Waals surface area (Å²) in [4.78, 5) is 11.2. The van der Waals surface area contributed by atoms with Gasteiger partial charge in [-0.05, 0) is 31.9 Å². The highest BCUT2D eigenvalue weighted by Crippen LogP contribution is 2.39. The van der Waals surface area contributed by atoms with Gasteiger partial charge in [-0.3, -0.25) is 4.79 Å². The molecule has 3 rings (SSSR count). The van der Waals surface area contributed by atoms with Crippen molar-refractivity contribution in [3.05, 3.63) is 29.5 Å². The molecule has 1 fully saturated rings. The molecule has 0 radical (unpaired) electrons. The number of fused-ring (bicyclic) bond motifs is 1. The molecule has 0 bridgehead atoms. The maximum Gasteiger partial charge on any atom is 0.159 e. The van der Waals surface area contributed by atoms with Crippen molar-refractivity contribution >= 4 is 16.7 Å². The minimum Gasteiger partial charge on any atom is -0.360 e. The second kappa shape index (κ2) is 3.44. The standard InChI is InChI=1S/C13H13NO2/c1-8(15)10-5-6-11-12(7-10)14-16-13(11)9-3-2-4-9/h5-7,9H,2-4H2,1H3. The van der Waals surface area contributed by atoms with Crippen LogP contribution in [-0.4, -0.2) is 10.9 Å². The van der Waals surface area contributed by atoms with Gasteiger partial charge in [0.2, 0.25) is 0 Å². The van der Waals surface area contributed by atoms with E-state index in [2.05, 4.69) is 5.16 Å². The Morgan fingerprint density at radius 1 is 1.44 bits per heavy atom. The Balaban J connectivity index is 2.10. The Morgan fingerprint density at radius 3 is 2.88 bits per heavy atom. The molecule has 0 spiro atoms. The summed E-state index contributed by atoms with van der Waals surface area (Å²) in [6, 6.07) is 5.61. The van der Waals surface area contributed by atoms with Crippen molar-refractivity contribution in [1.29, 1.82) is 0 Å². The van der Waals surface area contributed by atoms with Crippen LogP contribution in [0.3, 0.4) is 0 Å². The van der Waals surface area contributed by atoms with Gasteiger partial charge in [-0.1, -0.05) is 17.6 Å². The zero-order valence-electron chi connectivity index (χ0n) is 9.19. The van der Waals surface area contributed by atoms with Crippen molar-refractivity contribution in [3.8, 4) is 0 Å². The lowest BCUT2D eigenvalue weighted by Gasteiger charge is -2.22. The number of carbonyl (C=O) groups is 1. The normalized spacial score (nSPS) is 16.3. The first kappa shape index (κ1) is 9.58. The summed E-state index contributed by atoms with van der Waals surface area (Å²) < 4.78 is 5.39. The highest BCUT2D eigenvalue weighted by atomic mass is 16.5. The maximum absolute atomic E-state index is 11.2. The molecule has 0 amide bonds. The topological polar surface area (TPSA) is 43.1 Å². The molecule has 1 aliphatic rings. The van der Waals surface area contributed by atoms with E-state index < -0.39 is 0 Å². The maximum atomic E-state index is 11.2. The molecule has 1 aromatic carbocycles. The van der Waals surface area contributed by atoms with Crippen LogP contribution >= 0.6 is 0 Å². The van der Waals surface area contributed by atoms with Crippen molar-refractivity contribution in [2.45, 2.75) is 32.1 Å². The summed E-state index contributed by atoms with van der Waals surface area (Å²) in [5.41, 5.74) is 1.50. The third-order valence-electron chi connectivity index (χ3n) is 3.39. The molecule has 3 nitrogen and oxygen atoms in total. The molecule has 0 aliphatic heterocycles. The molecule has 1 saturated carbocycles. The zero-order valence-corrected chi connectivity index (χ0v) is 9.19. The van der Waals surface area contributed by atoms with E-state index in [1.165, 1.54) is 19.3 Å². The van der Waals surface area contributed by atoms with Crippen LogP contribution in [0.25, 0.3) is 10.9 Å². The number of nitrogens with zero attached hydrogens (tertiary/aromatic N) is 1. The van der Waals surface area contributed by atoms with Gasteiger partial charge in [0.25, 0.3) is 0 Å². The third kappa shape index (κ3) is 1.35. The first-order valence-corrected chi connectivity index (χ1v) is 5.66. The van der Waals surface area contributed by atoms with Crippen LogP contribution in [0.4, 0.5) is 0 Å². The molecule has 1 aromatic heterocycles. The highest BCUT2D eigenvalue weighted by molar-refractivity contribution is 5.98. The Morgan fingerprint density at radius 2 is 2.25 bits per heavy atom. The van der Waals surface area contributed by atoms with Crippen LogP contribution in [0.15, 0.2) is 22.7 Å². The number of rotatable bonds is 2. The molecule has 0 atom stereocenters. The number of benzene rings is 1. The fourth-order valence-corrected chi connectivity index (χ4v) is 2.15. The van der Waals surface area contributed by atoms with Gasteiger partial charge in [-0.25, -0.2) is 0 Å². The lowest BCUT2D eigenvalue weighted by Crippen LogP contribution is -2.07. The van der Waals surface area contributed by atoms with Crippen LogP contribution in [0.2, 0.25) is 0 Å². The van der Waals surface area contributed by atoms with Crippen LogP contribution in [0.1, 0.15) is 48.2 Å². The van der Waals surface area contributed by atoms with Gasteiger partial charge in [-0.15, -0.1) is 0 Å². The van der Waals surface area contributed by atoms with Crippen LogP contribution in [-0.2, 0) is 0 Å². The Labute approximate surface area is 93.4 Å². The Hall–Kier alpha value is -1.64. The molecule has 0 N–H and O–H groups in total. The van der Waals surface area contributed by atoms with E-state index in [-0.39, 0.29) is 5.78 Å². The molecular weight excluding hydrogens is 202 g/mol. The fraction of sp³-hybridized carbons (Fsp3) is 0.385. The van der Waals surface area contributed by atoms with E-state index in [4.69, 9.17) is 4.52 Å². The molecule has 16 heavy (non-hydrogen) atoms. The van der Waals surface area contributed by atoms with Crippen LogP contribution in [0.5, 0.6) is 0 Å². The van der Waals surface area contributed by atoms with E-state index in [1.807, 2.05) is 18.2 Å². The van der Waals surface area contributed by atoms with Gasteiger partial charge in [0.15, 0.2) is 5.78 Å². The van der Waals surface area contributed by atoms with Crippen molar-refractivity contribution in [1.82, 2.24) is 5.16 Å². The van der Waals surface area contributed by atoms with E-state index in [9.17, 15) is 4.79 Å². The second-order valence-electron chi connectivity index (χ2n) is 4.46. The molecule has 2 aromatic rings. The molecule has 82 valence electrons. The van der Waals surface area contributed by atoms with Gasteiger partial charge in [0.05, 0.1) is 0 Å². The molecule has 0 saturated heterocycles. The monoisotopic (exact) mass is 215 g/mol. The number of aromatic nitrogens is 1. The average Bonchev–Trinajstić information content (AvgIpc) is 2.59. The number of hydrogen-bond donors (Lipinski definition) is 0. The smallest absolute Gasteiger partial charge is 0.159 e. The SMILES string of the molecule is CC(=O)c1ccc2c(C3CCC3)onc2c1. The van der Waals surface area contributed by atoms with Gasteiger partial charge in [0, 0.05) is 16.9 Å². The summed E-state index contributed by atoms with van der Waals surface area (Å²) in [5, 5.41) is 5.10. The van der Waals surface area contributed by atoms with Gasteiger partial charge in [0.1, 0.15) is 11.3 Å². The number of carbonyl (C=O) groups excluding carboxylic acids is 1. The summed E-state index contributed by atoms with van der Waals surface area (Å²) in [5.74, 6) is 1.60. The van der Waals surface area contributed by atoms with Crippen molar-refractivity contribution in [2.24, 2.45) is 0 Å². The summed E-state index contributed by atoms with van der Waals surface area (Å²) >= 11 is 0. The number of ketones is 1. The fourth-order valence-electron chi connectivity index (χ4n) is 2.15. The Kier molecular flexibility index (Phi) is 2.06. The largest absolute Gasteiger partial charge is 0.360 e. The summed E-state index contributed by atoms with van der Waals surface area (Å²) in [7, 11) is 0. The minimum absolute atomic E-state index is 0.0649. The number of hydrogen-bond acceptors (Lipinski definition) is 3. The molecule has 3 heteroatoms. The second-order valence-corrected chi connectivity index (χ2v) is 4.46. The van der Waals surface area contributed by atoms with Crippen molar-refractivity contribution in [3.63, 3.8) is 0 Å².